The van der Waals surface area contributed by atoms with Gasteiger partial charge in [-0.1, -0.05) is 56.3 Å². The zero-order chi connectivity index (χ0) is 25.3. The van der Waals surface area contributed by atoms with E-state index >= 15 is 0 Å². The van der Waals surface area contributed by atoms with Gasteiger partial charge in [-0.3, -0.25) is 4.79 Å². The summed E-state index contributed by atoms with van der Waals surface area (Å²) in [7, 11) is 1.13. The third kappa shape index (κ3) is 8.09. The minimum absolute atomic E-state index is 0.0117. The largest absolute Gasteiger partial charge is 0.467 e. The minimum atomic E-state index is -4.49. The van der Waals surface area contributed by atoms with E-state index in [1.165, 1.54) is 12.1 Å². The van der Waals surface area contributed by atoms with E-state index in [0.29, 0.717) is 5.56 Å². The molecule has 10 heteroatoms. The number of halogens is 3. The van der Waals surface area contributed by atoms with Gasteiger partial charge >= 0.3 is 18.2 Å². The molecule has 0 aromatic heterocycles. The maximum Gasteiger partial charge on any atom is 0.416 e. The molecule has 184 valence electrons. The molecular formula is C24H27F3N2O5. The highest BCUT2D eigenvalue weighted by molar-refractivity contribution is 5.90. The number of ether oxygens (including phenoxy) is 2. The summed E-state index contributed by atoms with van der Waals surface area (Å²) < 4.78 is 48.2. The third-order valence-electron chi connectivity index (χ3n) is 4.96. The van der Waals surface area contributed by atoms with E-state index in [-0.39, 0.29) is 18.9 Å². The molecule has 2 aromatic carbocycles. The molecule has 2 rings (SSSR count). The van der Waals surface area contributed by atoms with Gasteiger partial charge in [0.05, 0.1) is 12.7 Å². The lowest BCUT2D eigenvalue weighted by Crippen LogP contribution is -2.54. The number of hydrogen-bond donors (Lipinski definition) is 2. The fourth-order valence-corrected chi connectivity index (χ4v) is 3.09. The summed E-state index contributed by atoms with van der Waals surface area (Å²) in [5.74, 6) is -1.79. The molecule has 0 radical (unpaired) electrons. The predicted molar refractivity (Wildman–Crippen MR) is 117 cm³/mol. The van der Waals surface area contributed by atoms with Crippen LogP contribution in [-0.4, -0.2) is 37.2 Å². The van der Waals surface area contributed by atoms with E-state index < -0.39 is 41.8 Å². The molecule has 2 atom stereocenters. The Morgan fingerprint density at radius 3 is 2.06 bits per heavy atom. The summed E-state index contributed by atoms with van der Waals surface area (Å²) in [6, 6.07) is 11.0. The number of amides is 2. The molecule has 0 aliphatic carbocycles. The molecule has 0 aliphatic rings. The van der Waals surface area contributed by atoms with Crippen LogP contribution < -0.4 is 10.6 Å². The van der Waals surface area contributed by atoms with E-state index in [4.69, 9.17) is 9.47 Å². The van der Waals surface area contributed by atoms with Gasteiger partial charge in [-0.15, -0.1) is 0 Å². The van der Waals surface area contributed by atoms with Gasteiger partial charge < -0.3 is 20.1 Å². The first-order chi connectivity index (χ1) is 16.0. The van der Waals surface area contributed by atoms with Crippen LogP contribution in [0.15, 0.2) is 54.6 Å². The number of carbonyl (C=O) groups is 3. The van der Waals surface area contributed by atoms with Crippen molar-refractivity contribution in [3.8, 4) is 0 Å². The first-order valence-electron chi connectivity index (χ1n) is 10.5. The van der Waals surface area contributed by atoms with Crippen molar-refractivity contribution in [1.29, 1.82) is 0 Å². The summed E-state index contributed by atoms with van der Waals surface area (Å²) in [6.45, 7) is 3.41. The van der Waals surface area contributed by atoms with Crippen molar-refractivity contribution in [2.24, 2.45) is 5.92 Å². The minimum Gasteiger partial charge on any atom is -0.467 e. The molecule has 0 fully saturated rings. The van der Waals surface area contributed by atoms with Crippen molar-refractivity contribution in [3.63, 3.8) is 0 Å². The third-order valence-corrected chi connectivity index (χ3v) is 4.96. The van der Waals surface area contributed by atoms with Gasteiger partial charge in [0.1, 0.15) is 18.7 Å². The topological polar surface area (TPSA) is 93.7 Å². The lowest BCUT2D eigenvalue weighted by Gasteiger charge is -2.24. The smallest absolute Gasteiger partial charge is 0.416 e. The van der Waals surface area contributed by atoms with E-state index in [2.05, 4.69) is 10.6 Å². The maximum atomic E-state index is 12.9. The maximum absolute atomic E-state index is 12.9. The Kier molecular flexibility index (Phi) is 9.47. The fourth-order valence-electron chi connectivity index (χ4n) is 3.09. The summed E-state index contributed by atoms with van der Waals surface area (Å²) >= 11 is 0. The number of nitrogens with one attached hydrogen (secondary N) is 2. The highest BCUT2D eigenvalue weighted by Gasteiger charge is 2.32. The molecule has 2 amide bonds. The van der Waals surface area contributed by atoms with Gasteiger partial charge in [0.2, 0.25) is 5.91 Å². The van der Waals surface area contributed by atoms with Crippen LogP contribution in [0, 0.1) is 5.92 Å². The SMILES string of the molecule is COC(=O)[C@H](Cc1ccc(C(F)(F)F)cc1)NC(=O)[C@@H](NC(=O)OCc1ccccc1)C(C)C. The Labute approximate surface area is 195 Å². The second kappa shape index (κ2) is 12.1. The monoisotopic (exact) mass is 480 g/mol. The zero-order valence-electron chi connectivity index (χ0n) is 19.0. The van der Waals surface area contributed by atoms with Crippen LogP contribution in [0.25, 0.3) is 0 Å². The van der Waals surface area contributed by atoms with Crippen LogP contribution in [0.4, 0.5) is 18.0 Å². The lowest BCUT2D eigenvalue weighted by molar-refractivity contribution is -0.145. The molecule has 0 heterocycles. The number of esters is 1. The molecule has 0 aliphatic heterocycles. The van der Waals surface area contributed by atoms with Gasteiger partial charge in [0.25, 0.3) is 0 Å². The first-order valence-corrected chi connectivity index (χ1v) is 10.5. The van der Waals surface area contributed by atoms with Crippen molar-refractivity contribution < 1.29 is 37.0 Å². The number of carbonyl (C=O) groups excluding carboxylic acids is 3. The van der Waals surface area contributed by atoms with Gasteiger partial charge in [-0.25, -0.2) is 9.59 Å². The molecule has 0 bridgehead atoms. The van der Waals surface area contributed by atoms with Crippen LogP contribution in [0.1, 0.15) is 30.5 Å². The second-order valence-electron chi connectivity index (χ2n) is 7.91. The molecule has 2 N–H and O–H groups in total. The fraction of sp³-hybridized carbons (Fsp3) is 0.375. The Bertz CT molecular complexity index is 963. The molecule has 0 saturated carbocycles. The highest BCUT2D eigenvalue weighted by Crippen LogP contribution is 2.29. The van der Waals surface area contributed by atoms with Gasteiger partial charge in [0, 0.05) is 6.42 Å². The Balaban J connectivity index is 2.04. The molecule has 0 spiro atoms. The van der Waals surface area contributed by atoms with Crippen LogP contribution in [0.3, 0.4) is 0 Å². The van der Waals surface area contributed by atoms with Crippen LogP contribution in [-0.2, 0) is 38.3 Å². The van der Waals surface area contributed by atoms with Crippen LogP contribution in [0.5, 0.6) is 0 Å². The van der Waals surface area contributed by atoms with Crippen molar-refractivity contribution >= 4 is 18.0 Å². The van der Waals surface area contributed by atoms with Gasteiger partial charge in [-0.2, -0.15) is 13.2 Å². The molecule has 34 heavy (non-hydrogen) atoms. The zero-order valence-corrected chi connectivity index (χ0v) is 19.0. The van der Waals surface area contributed by atoms with Crippen molar-refractivity contribution in [2.45, 2.75) is 45.1 Å². The lowest BCUT2D eigenvalue weighted by atomic mass is 10.0. The number of rotatable bonds is 9. The quantitative estimate of drug-likeness (QED) is 0.532. The van der Waals surface area contributed by atoms with E-state index in [9.17, 15) is 27.6 Å². The standard InChI is InChI=1S/C24H27F3N2O5/c1-15(2)20(29-23(32)34-14-17-7-5-4-6-8-17)21(30)28-19(22(31)33-3)13-16-9-11-18(12-10-16)24(25,26)27/h4-12,15,19-20H,13-14H2,1-3H3,(H,28,30)(H,29,32)/t19-,20-/m0/s1. The summed E-state index contributed by atoms with van der Waals surface area (Å²) in [4.78, 5) is 37.3. The summed E-state index contributed by atoms with van der Waals surface area (Å²) in [5.41, 5.74) is 0.332. The summed E-state index contributed by atoms with van der Waals surface area (Å²) in [5, 5.41) is 5.00. The molecule has 7 nitrogen and oxygen atoms in total. The highest BCUT2D eigenvalue weighted by atomic mass is 19.4. The molecular weight excluding hydrogens is 453 g/mol. The molecule has 0 unspecified atom stereocenters. The number of hydrogen-bond acceptors (Lipinski definition) is 5. The average Bonchev–Trinajstić information content (AvgIpc) is 2.80. The van der Waals surface area contributed by atoms with E-state index in [1.807, 2.05) is 6.07 Å². The van der Waals surface area contributed by atoms with Crippen LogP contribution in [0.2, 0.25) is 0 Å². The van der Waals surface area contributed by atoms with Gasteiger partial charge in [-0.05, 0) is 29.2 Å². The predicted octanol–water partition coefficient (Wildman–Crippen LogP) is 3.86. The molecule has 0 saturated heterocycles. The second-order valence-corrected chi connectivity index (χ2v) is 7.91. The average molecular weight is 480 g/mol. The Morgan fingerprint density at radius 1 is 0.912 bits per heavy atom. The number of alkyl carbamates (subject to hydrolysis) is 1. The number of alkyl halides is 3. The van der Waals surface area contributed by atoms with Gasteiger partial charge in [0.15, 0.2) is 0 Å². The Hall–Kier alpha value is -3.56. The number of benzene rings is 2. The normalized spacial score (nSPS) is 13.0. The van der Waals surface area contributed by atoms with Crippen molar-refractivity contribution in [3.05, 3.63) is 71.3 Å². The molecule has 2 aromatic rings. The van der Waals surface area contributed by atoms with Crippen molar-refractivity contribution in [1.82, 2.24) is 10.6 Å². The summed E-state index contributed by atoms with van der Waals surface area (Å²) in [6.07, 6.45) is -5.39. The number of methoxy groups -OCH3 is 1. The van der Waals surface area contributed by atoms with E-state index in [1.54, 1.807) is 38.1 Å². The Morgan fingerprint density at radius 2 is 1.53 bits per heavy atom. The van der Waals surface area contributed by atoms with Crippen LogP contribution >= 0.6 is 0 Å². The van der Waals surface area contributed by atoms with Crippen molar-refractivity contribution in [2.75, 3.05) is 7.11 Å². The van der Waals surface area contributed by atoms with E-state index in [0.717, 1.165) is 24.8 Å². The first kappa shape index (κ1) is 26.7.